The van der Waals surface area contributed by atoms with Gasteiger partial charge in [-0.3, -0.25) is 0 Å². The van der Waals surface area contributed by atoms with Crippen molar-refractivity contribution in [3.05, 3.63) is 39.1 Å². The van der Waals surface area contributed by atoms with E-state index in [4.69, 9.17) is 5.26 Å². The van der Waals surface area contributed by atoms with Crippen molar-refractivity contribution in [2.24, 2.45) is 0 Å². The molecule has 3 heteroatoms. The molecule has 0 unspecified atom stereocenters. The molecule has 0 aliphatic rings. The SMILES string of the molecule is Cc1cc(C#N)nc2ccc(I)cc12. The first-order valence-corrected chi connectivity index (χ1v) is 5.25. The molecular formula is C11H7IN2. The van der Waals surface area contributed by atoms with Gasteiger partial charge in [-0.1, -0.05) is 0 Å². The smallest absolute Gasteiger partial charge is 0.141 e. The molecule has 1 aromatic carbocycles. The lowest BCUT2D eigenvalue weighted by Gasteiger charge is -2.02. The topological polar surface area (TPSA) is 36.7 Å². The van der Waals surface area contributed by atoms with E-state index in [1.165, 1.54) is 3.57 Å². The standard InChI is InChI=1S/C11H7IN2/c1-7-4-9(6-13)14-11-3-2-8(12)5-10(7)11/h2-5H,1H3. The fourth-order valence-electron chi connectivity index (χ4n) is 1.42. The Morgan fingerprint density at radius 3 is 2.86 bits per heavy atom. The summed E-state index contributed by atoms with van der Waals surface area (Å²) in [5, 5.41) is 9.88. The van der Waals surface area contributed by atoms with Crippen LogP contribution in [0.25, 0.3) is 10.9 Å². The highest BCUT2D eigenvalue weighted by Gasteiger charge is 2.02. The van der Waals surface area contributed by atoms with Gasteiger partial charge in [0.05, 0.1) is 5.52 Å². The van der Waals surface area contributed by atoms with Gasteiger partial charge in [0, 0.05) is 8.96 Å². The number of halogens is 1. The van der Waals surface area contributed by atoms with Crippen molar-refractivity contribution in [1.29, 1.82) is 5.26 Å². The highest BCUT2D eigenvalue weighted by atomic mass is 127. The van der Waals surface area contributed by atoms with Crippen LogP contribution in [0.4, 0.5) is 0 Å². The molecule has 0 aliphatic heterocycles. The summed E-state index contributed by atoms with van der Waals surface area (Å²) in [6, 6.07) is 9.91. The summed E-state index contributed by atoms with van der Waals surface area (Å²) in [5.74, 6) is 0. The third-order valence-corrected chi connectivity index (χ3v) is 2.76. The van der Waals surface area contributed by atoms with Crippen LogP contribution >= 0.6 is 22.6 Å². The molecule has 2 aromatic rings. The van der Waals surface area contributed by atoms with E-state index in [0.29, 0.717) is 5.69 Å². The Labute approximate surface area is 95.7 Å². The summed E-state index contributed by atoms with van der Waals surface area (Å²) in [7, 11) is 0. The van der Waals surface area contributed by atoms with E-state index >= 15 is 0 Å². The Kier molecular flexibility index (Phi) is 2.38. The van der Waals surface area contributed by atoms with Crippen molar-refractivity contribution in [2.45, 2.75) is 6.92 Å². The van der Waals surface area contributed by atoms with Crippen LogP contribution in [0.3, 0.4) is 0 Å². The van der Waals surface area contributed by atoms with Crippen molar-refractivity contribution in [2.75, 3.05) is 0 Å². The fourth-order valence-corrected chi connectivity index (χ4v) is 1.91. The molecule has 0 fully saturated rings. The van der Waals surface area contributed by atoms with Crippen LogP contribution in [0.15, 0.2) is 24.3 Å². The van der Waals surface area contributed by atoms with Crippen LogP contribution in [-0.4, -0.2) is 4.98 Å². The van der Waals surface area contributed by atoms with Crippen molar-refractivity contribution in [1.82, 2.24) is 4.98 Å². The summed E-state index contributed by atoms with van der Waals surface area (Å²) in [6.07, 6.45) is 0. The number of hydrogen-bond donors (Lipinski definition) is 0. The number of aryl methyl sites for hydroxylation is 1. The number of hydrogen-bond acceptors (Lipinski definition) is 2. The van der Waals surface area contributed by atoms with Crippen LogP contribution in [0, 0.1) is 21.8 Å². The van der Waals surface area contributed by atoms with Crippen molar-refractivity contribution >= 4 is 33.5 Å². The number of nitrogens with zero attached hydrogens (tertiary/aromatic N) is 2. The molecule has 0 radical (unpaired) electrons. The number of aromatic nitrogens is 1. The first kappa shape index (κ1) is 9.41. The minimum absolute atomic E-state index is 0.483. The first-order valence-electron chi connectivity index (χ1n) is 4.18. The second-order valence-corrected chi connectivity index (χ2v) is 4.34. The Balaban J connectivity index is 2.84. The normalized spacial score (nSPS) is 10.1. The Bertz CT molecular complexity index is 541. The zero-order valence-electron chi connectivity index (χ0n) is 7.58. The van der Waals surface area contributed by atoms with Crippen molar-refractivity contribution in [3.63, 3.8) is 0 Å². The van der Waals surface area contributed by atoms with Gasteiger partial charge in [-0.2, -0.15) is 5.26 Å². The van der Waals surface area contributed by atoms with Crippen molar-refractivity contribution < 1.29 is 0 Å². The minimum atomic E-state index is 0.483. The second kappa shape index (κ2) is 3.54. The third-order valence-electron chi connectivity index (χ3n) is 2.09. The Morgan fingerprint density at radius 2 is 2.14 bits per heavy atom. The van der Waals surface area contributed by atoms with E-state index in [1.807, 2.05) is 25.1 Å². The zero-order valence-corrected chi connectivity index (χ0v) is 9.74. The van der Waals surface area contributed by atoms with E-state index in [9.17, 15) is 0 Å². The molecule has 14 heavy (non-hydrogen) atoms. The second-order valence-electron chi connectivity index (χ2n) is 3.10. The lowest BCUT2D eigenvalue weighted by atomic mass is 10.1. The fraction of sp³-hybridized carbons (Fsp3) is 0.0909. The van der Waals surface area contributed by atoms with Crippen LogP contribution in [0.5, 0.6) is 0 Å². The third kappa shape index (κ3) is 1.58. The van der Waals surface area contributed by atoms with Gasteiger partial charge in [0.25, 0.3) is 0 Å². The lowest BCUT2D eigenvalue weighted by Crippen LogP contribution is -1.88. The average Bonchev–Trinajstić information content (AvgIpc) is 2.19. The maximum atomic E-state index is 8.76. The number of rotatable bonds is 0. The van der Waals surface area contributed by atoms with Gasteiger partial charge in [0.15, 0.2) is 0 Å². The van der Waals surface area contributed by atoms with Crippen LogP contribution in [0.2, 0.25) is 0 Å². The van der Waals surface area contributed by atoms with Crippen LogP contribution in [-0.2, 0) is 0 Å². The van der Waals surface area contributed by atoms with Gasteiger partial charge < -0.3 is 0 Å². The summed E-state index contributed by atoms with van der Waals surface area (Å²) in [4.78, 5) is 4.23. The first-order chi connectivity index (χ1) is 6.70. The number of fused-ring (bicyclic) bond motifs is 1. The van der Waals surface area contributed by atoms with E-state index in [0.717, 1.165) is 16.5 Å². The Hall–Kier alpha value is -1.15. The zero-order chi connectivity index (χ0) is 10.1. The quantitative estimate of drug-likeness (QED) is 0.700. The highest BCUT2D eigenvalue weighted by molar-refractivity contribution is 14.1. The molecule has 0 amide bonds. The molecule has 0 atom stereocenters. The van der Waals surface area contributed by atoms with E-state index in [2.05, 4.69) is 39.7 Å². The van der Waals surface area contributed by atoms with Gasteiger partial charge in [-0.25, -0.2) is 4.98 Å². The molecule has 2 nitrogen and oxygen atoms in total. The molecular weight excluding hydrogens is 287 g/mol. The monoisotopic (exact) mass is 294 g/mol. The molecule has 68 valence electrons. The molecule has 0 spiro atoms. The number of pyridine rings is 1. The number of benzene rings is 1. The molecule has 0 bridgehead atoms. The van der Waals surface area contributed by atoms with Crippen molar-refractivity contribution in [3.8, 4) is 6.07 Å². The molecule has 1 aromatic heterocycles. The van der Waals surface area contributed by atoms with Gasteiger partial charge in [0.1, 0.15) is 11.8 Å². The molecule has 0 N–H and O–H groups in total. The molecule has 2 rings (SSSR count). The van der Waals surface area contributed by atoms with E-state index in [-0.39, 0.29) is 0 Å². The van der Waals surface area contributed by atoms with E-state index in [1.54, 1.807) is 0 Å². The van der Waals surface area contributed by atoms with Crippen LogP contribution in [0.1, 0.15) is 11.3 Å². The summed E-state index contributed by atoms with van der Waals surface area (Å²) < 4.78 is 1.18. The predicted molar refractivity (Wildman–Crippen MR) is 63.9 cm³/mol. The van der Waals surface area contributed by atoms with Gasteiger partial charge in [-0.05, 0) is 59.3 Å². The largest absolute Gasteiger partial charge is 0.237 e. The maximum Gasteiger partial charge on any atom is 0.141 e. The van der Waals surface area contributed by atoms with Gasteiger partial charge in [-0.15, -0.1) is 0 Å². The Morgan fingerprint density at radius 1 is 1.36 bits per heavy atom. The highest BCUT2D eigenvalue weighted by Crippen LogP contribution is 2.19. The summed E-state index contributed by atoms with van der Waals surface area (Å²) in [6.45, 7) is 2.00. The molecule has 0 aliphatic carbocycles. The molecule has 0 saturated heterocycles. The average molecular weight is 294 g/mol. The maximum absolute atomic E-state index is 8.76. The number of nitriles is 1. The summed E-state index contributed by atoms with van der Waals surface area (Å²) in [5.41, 5.74) is 2.48. The van der Waals surface area contributed by atoms with Gasteiger partial charge in [0.2, 0.25) is 0 Å². The van der Waals surface area contributed by atoms with E-state index < -0.39 is 0 Å². The summed E-state index contributed by atoms with van der Waals surface area (Å²) >= 11 is 2.27. The molecule has 0 saturated carbocycles. The van der Waals surface area contributed by atoms with Crippen LogP contribution < -0.4 is 0 Å². The minimum Gasteiger partial charge on any atom is -0.237 e. The lowest BCUT2D eigenvalue weighted by molar-refractivity contribution is 1.30. The molecule has 1 heterocycles. The predicted octanol–water partition coefficient (Wildman–Crippen LogP) is 3.02. The van der Waals surface area contributed by atoms with Gasteiger partial charge >= 0.3 is 0 Å².